The van der Waals surface area contributed by atoms with Gasteiger partial charge in [0, 0.05) is 13.2 Å². The fraction of sp³-hybridized carbons (Fsp3) is 0.800. The Hall–Kier alpha value is -0.580. The summed E-state index contributed by atoms with van der Waals surface area (Å²) in [6.07, 6.45) is 8.35. The fourth-order valence-corrected chi connectivity index (χ4v) is 3.56. The van der Waals surface area contributed by atoms with Gasteiger partial charge in [0.05, 0.1) is 28.6 Å². The zero-order chi connectivity index (χ0) is 14.6. The minimum atomic E-state index is -0.276. The molecule has 114 valence electrons. The summed E-state index contributed by atoms with van der Waals surface area (Å²) in [6.45, 7) is 5.70. The molecule has 0 aromatic carbocycles. The molecule has 1 aliphatic rings. The van der Waals surface area contributed by atoms with Crippen LogP contribution in [0.2, 0.25) is 5.02 Å². The number of rotatable bonds is 6. The molecule has 2 rings (SSSR count). The molecule has 1 aromatic heterocycles. The number of aryl methyl sites for hydroxylation is 1. The van der Waals surface area contributed by atoms with E-state index < -0.39 is 0 Å². The van der Waals surface area contributed by atoms with Crippen molar-refractivity contribution in [3.63, 3.8) is 0 Å². The van der Waals surface area contributed by atoms with Gasteiger partial charge >= 0.3 is 0 Å². The third-order valence-electron chi connectivity index (χ3n) is 4.26. The van der Waals surface area contributed by atoms with Gasteiger partial charge in [-0.15, -0.1) is 0 Å². The van der Waals surface area contributed by atoms with Crippen molar-refractivity contribution >= 4 is 11.6 Å². The summed E-state index contributed by atoms with van der Waals surface area (Å²) in [5.41, 5.74) is 7.26. The van der Waals surface area contributed by atoms with Crippen molar-refractivity contribution < 1.29 is 4.74 Å². The summed E-state index contributed by atoms with van der Waals surface area (Å²) in [4.78, 5) is 0. The van der Waals surface area contributed by atoms with Gasteiger partial charge in [0.1, 0.15) is 0 Å². The Morgan fingerprint density at radius 3 is 2.70 bits per heavy atom. The molecule has 0 amide bonds. The van der Waals surface area contributed by atoms with E-state index in [-0.39, 0.29) is 11.6 Å². The highest BCUT2D eigenvalue weighted by Gasteiger charge is 2.41. The van der Waals surface area contributed by atoms with Crippen LogP contribution in [0.1, 0.15) is 64.1 Å². The van der Waals surface area contributed by atoms with Crippen LogP contribution in [0.15, 0.2) is 6.20 Å². The zero-order valence-corrected chi connectivity index (χ0v) is 13.3. The summed E-state index contributed by atoms with van der Waals surface area (Å²) in [7, 11) is 0. The maximum atomic E-state index is 6.60. The molecule has 5 heteroatoms. The van der Waals surface area contributed by atoms with E-state index in [4.69, 9.17) is 22.1 Å². The van der Waals surface area contributed by atoms with Crippen molar-refractivity contribution in [2.75, 3.05) is 6.61 Å². The van der Waals surface area contributed by atoms with Crippen LogP contribution in [0.25, 0.3) is 0 Å². The van der Waals surface area contributed by atoms with Gasteiger partial charge in [0.2, 0.25) is 0 Å². The lowest BCUT2D eigenvalue weighted by Gasteiger charge is -2.41. The SMILES string of the molecule is CCCn1ncc(Cl)c1C(N)C1(OCC)CCCCC1. The van der Waals surface area contributed by atoms with Crippen molar-refractivity contribution in [1.29, 1.82) is 0 Å². The van der Waals surface area contributed by atoms with Gasteiger partial charge in [-0.2, -0.15) is 5.10 Å². The molecule has 0 radical (unpaired) electrons. The third kappa shape index (κ3) is 3.02. The summed E-state index contributed by atoms with van der Waals surface area (Å²) < 4.78 is 8.07. The van der Waals surface area contributed by atoms with E-state index >= 15 is 0 Å². The first-order chi connectivity index (χ1) is 9.64. The first kappa shape index (κ1) is 15.8. The molecule has 4 nitrogen and oxygen atoms in total. The Labute approximate surface area is 126 Å². The summed E-state index contributed by atoms with van der Waals surface area (Å²) >= 11 is 6.34. The van der Waals surface area contributed by atoms with Crippen LogP contribution in [-0.4, -0.2) is 22.0 Å². The molecule has 1 aromatic rings. The van der Waals surface area contributed by atoms with Crippen molar-refractivity contribution in [2.45, 2.75) is 70.6 Å². The van der Waals surface area contributed by atoms with Gasteiger partial charge < -0.3 is 10.5 Å². The zero-order valence-electron chi connectivity index (χ0n) is 12.6. The number of nitrogens with zero attached hydrogens (tertiary/aromatic N) is 2. The van der Waals surface area contributed by atoms with Crippen LogP contribution >= 0.6 is 11.6 Å². The second-order valence-corrected chi connectivity index (χ2v) is 6.04. The minimum absolute atomic E-state index is 0.204. The lowest BCUT2D eigenvalue weighted by molar-refractivity contribution is -0.0846. The van der Waals surface area contributed by atoms with E-state index in [9.17, 15) is 0 Å². The quantitative estimate of drug-likeness (QED) is 0.871. The summed E-state index contributed by atoms with van der Waals surface area (Å²) in [5.74, 6) is 0. The number of hydrogen-bond acceptors (Lipinski definition) is 3. The Bertz CT molecular complexity index is 421. The minimum Gasteiger partial charge on any atom is -0.373 e. The molecule has 1 atom stereocenters. The van der Waals surface area contributed by atoms with Gasteiger partial charge in [0.25, 0.3) is 0 Å². The van der Waals surface area contributed by atoms with Crippen LogP contribution in [0.5, 0.6) is 0 Å². The fourth-order valence-electron chi connectivity index (χ4n) is 3.30. The molecular weight excluding hydrogens is 274 g/mol. The first-order valence-corrected chi connectivity index (χ1v) is 8.13. The largest absolute Gasteiger partial charge is 0.373 e. The number of nitrogens with two attached hydrogens (primary N) is 1. The standard InChI is InChI=1S/C15H26ClN3O/c1-3-10-19-13(12(16)11-18-19)14(17)15(20-4-2)8-6-5-7-9-15/h11,14H,3-10,17H2,1-2H3. The average molecular weight is 300 g/mol. The molecule has 1 fully saturated rings. The average Bonchev–Trinajstić information content (AvgIpc) is 2.81. The number of aromatic nitrogens is 2. The maximum Gasteiger partial charge on any atom is 0.0889 e. The molecule has 20 heavy (non-hydrogen) atoms. The van der Waals surface area contributed by atoms with Crippen LogP contribution in [0.3, 0.4) is 0 Å². The third-order valence-corrected chi connectivity index (χ3v) is 4.55. The molecule has 0 spiro atoms. The molecule has 0 aliphatic heterocycles. The van der Waals surface area contributed by atoms with Gasteiger partial charge in [-0.05, 0) is 26.2 Å². The van der Waals surface area contributed by atoms with E-state index in [1.807, 2.05) is 11.6 Å². The molecule has 0 saturated heterocycles. The van der Waals surface area contributed by atoms with Gasteiger partial charge in [-0.3, -0.25) is 4.68 Å². The Morgan fingerprint density at radius 2 is 2.10 bits per heavy atom. The van der Waals surface area contributed by atoms with Gasteiger partial charge in [0.15, 0.2) is 0 Å². The highest BCUT2D eigenvalue weighted by Crippen LogP contribution is 2.41. The molecule has 1 saturated carbocycles. The van der Waals surface area contributed by atoms with Crippen molar-refractivity contribution in [1.82, 2.24) is 9.78 Å². The van der Waals surface area contributed by atoms with E-state index in [0.29, 0.717) is 11.6 Å². The summed E-state index contributed by atoms with van der Waals surface area (Å²) in [5, 5.41) is 5.02. The van der Waals surface area contributed by atoms with Gasteiger partial charge in [-0.25, -0.2) is 0 Å². The lowest BCUT2D eigenvalue weighted by atomic mass is 9.78. The van der Waals surface area contributed by atoms with Crippen LogP contribution in [0, 0.1) is 0 Å². The van der Waals surface area contributed by atoms with E-state index in [2.05, 4.69) is 12.0 Å². The smallest absolute Gasteiger partial charge is 0.0889 e. The predicted octanol–water partition coefficient (Wildman–Crippen LogP) is 3.69. The lowest BCUT2D eigenvalue weighted by Crippen LogP contribution is -2.46. The monoisotopic (exact) mass is 299 g/mol. The molecule has 1 heterocycles. The number of hydrogen-bond donors (Lipinski definition) is 1. The molecule has 2 N–H and O–H groups in total. The van der Waals surface area contributed by atoms with Crippen LogP contribution in [-0.2, 0) is 11.3 Å². The maximum absolute atomic E-state index is 6.60. The normalized spacial score (nSPS) is 20.0. The highest BCUT2D eigenvalue weighted by molar-refractivity contribution is 6.31. The number of ether oxygens (including phenoxy) is 1. The molecule has 0 bridgehead atoms. The molecular formula is C15H26ClN3O. The van der Waals surface area contributed by atoms with Crippen LogP contribution in [0.4, 0.5) is 0 Å². The topological polar surface area (TPSA) is 53.1 Å². The second-order valence-electron chi connectivity index (χ2n) is 5.64. The van der Waals surface area contributed by atoms with Crippen molar-refractivity contribution in [3.8, 4) is 0 Å². The number of halogens is 1. The summed E-state index contributed by atoms with van der Waals surface area (Å²) in [6, 6.07) is -0.204. The Morgan fingerprint density at radius 1 is 1.40 bits per heavy atom. The molecule has 1 aliphatic carbocycles. The van der Waals surface area contributed by atoms with E-state index in [1.54, 1.807) is 6.20 Å². The Kier molecular flexibility index (Phi) is 5.47. The van der Waals surface area contributed by atoms with E-state index in [1.165, 1.54) is 19.3 Å². The second kappa shape index (κ2) is 6.92. The molecule has 1 unspecified atom stereocenters. The van der Waals surface area contributed by atoms with Crippen molar-refractivity contribution in [3.05, 3.63) is 16.9 Å². The van der Waals surface area contributed by atoms with Crippen LogP contribution < -0.4 is 5.73 Å². The predicted molar refractivity (Wildman–Crippen MR) is 81.9 cm³/mol. The Balaban J connectivity index is 2.31. The van der Waals surface area contributed by atoms with Gasteiger partial charge in [-0.1, -0.05) is 37.8 Å². The van der Waals surface area contributed by atoms with Crippen molar-refractivity contribution in [2.24, 2.45) is 5.73 Å². The van der Waals surface area contributed by atoms with E-state index in [0.717, 1.165) is 31.5 Å². The first-order valence-electron chi connectivity index (χ1n) is 7.75. The highest BCUT2D eigenvalue weighted by atomic mass is 35.5.